The van der Waals surface area contributed by atoms with Crippen LogP contribution in [0, 0.1) is 0 Å². The summed E-state index contributed by atoms with van der Waals surface area (Å²) in [4.78, 5) is 26.2. The summed E-state index contributed by atoms with van der Waals surface area (Å²) in [7, 11) is 1.22. The number of amides is 2. The number of carbonyl (C=O) groups is 2. The molecule has 2 aromatic carbocycles. The number of fused-ring (bicyclic) bond motifs is 1. The average Bonchev–Trinajstić information content (AvgIpc) is 2.87. The molecule has 0 aliphatic carbocycles. The van der Waals surface area contributed by atoms with Crippen molar-refractivity contribution in [3.05, 3.63) is 58.1 Å². The molecule has 1 aliphatic heterocycles. The first-order chi connectivity index (χ1) is 14.2. The van der Waals surface area contributed by atoms with Gasteiger partial charge in [-0.3, -0.25) is 4.79 Å². The van der Waals surface area contributed by atoms with Crippen molar-refractivity contribution in [2.75, 3.05) is 12.0 Å². The van der Waals surface area contributed by atoms with Gasteiger partial charge < -0.3 is 9.47 Å². The quantitative estimate of drug-likeness (QED) is 0.528. The zero-order valence-corrected chi connectivity index (χ0v) is 17.7. The zero-order chi connectivity index (χ0) is 23.4. The van der Waals surface area contributed by atoms with Gasteiger partial charge >= 0.3 is 12.3 Å². The van der Waals surface area contributed by atoms with Crippen molar-refractivity contribution >= 4 is 29.3 Å². The van der Waals surface area contributed by atoms with Crippen molar-refractivity contribution in [3.63, 3.8) is 0 Å². The highest BCUT2D eigenvalue weighted by molar-refractivity contribution is 6.30. The lowest BCUT2D eigenvalue weighted by atomic mass is 9.88. The Labute approximate surface area is 180 Å². The molecule has 5 nitrogen and oxygen atoms in total. The molecule has 0 spiro atoms. The van der Waals surface area contributed by atoms with Crippen molar-refractivity contribution in [2.24, 2.45) is 0 Å². The van der Waals surface area contributed by atoms with Gasteiger partial charge in [-0.05, 0) is 51.1 Å². The number of benzene rings is 2. The second kappa shape index (κ2) is 7.40. The number of nitrogens with zero attached hydrogens (tertiary/aromatic N) is 1. The van der Waals surface area contributed by atoms with Gasteiger partial charge in [0.2, 0.25) is 5.67 Å². The standard InChI is InChI=1S/C21H18ClF4NO4/c1-19(2,3)31-18(29)27-15-9-11(21(24,25)26)5-7-13(15)20(23,17(27)28)14-8-6-12(22)10-16(14)30-4/h5-10H,1-4H3/t20-/m0/s1. The summed E-state index contributed by atoms with van der Waals surface area (Å²) < 4.78 is 66.6. The minimum absolute atomic E-state index is 0.111. The Morgan fingerprint density at radius 1 is 1.06 bits per heavy atom. The van der Waals surface area contributed by atoms with Gasteiger partial charge in [0.1, 0.15) is 11.4 Å². The van der Waals surface area contributed by atoms with Crippen molar-refractivity contribution in [1.29, 1.82) is 0 Å². The van der Waals surface area contributed by atoms with Crippen molar-refractivity contribution < 1.29 is 36.6 Å². The molecule has 1 atom stereocenters. The molecule has 0 bridgehead atoms. The lowest BCUT2D eigenvalue weighted by Crippen LogP contribution is -2.44. The minimum Gasteiger partial charge on any atom is -0.496 e. The lowest BCUT2D eigenvalue weighted by molar-refractivity contribution is -0.137. The van der Waals surface area contributed by atoms with Crippen LogP contribution in [0.1, 0.15) is 37.5 Å². The molecule has 0 N–H and O–H groups in total. The highest BCUT2D eigenvalue weighted by Crippen LogP contribution is 2.51. The number of alkyl halides is 4. The number of ether oxygens (including phenoxy) is 2. The van der Waals surface area contributed by atoms with E-state index in [1.165, 1.54) is 46.1 Å². The molecule has 1 aliphatic rings. The number of anilines is 1. The molecule has 31 heavy (non-hydrogen) atoms. The topological polar surface area (TPSA) is 55.8 Å². The maximum absolute atomic E-state index is 16.5. The van der Waals surface area contributed by atoms with Gasteiger partial charge in [0.05, 0.1) is 18.4 Å². The Morgan fingerprint density at radius 3 is 2.23 bits per heavy atom. The molecule has 1 heterocycles. The van der Waals surface area contributed by atoms with Crippen LogP contribution in [0.4, 0.5) is 28.0 Å². The Hall–Kier alpha value is -2.81. The summed E-state index contributed by atoms with van der Waals surface area (Å²) in [6.45, 7) is 4.51. The van der Waals surface area contributed by atoms with Crippen molar-refractivity contribution in [3.8, 4) is 5.75 Å². The van der Waals surface area contributed by atoms with E-state index in [0.29, 0.717) is 12.1 Å². The summed E-state index contributed by atoms with van der Waals surface area (Å²) in [6, 6.07) is 5.75. The molecule has 0 saturated carbocycles. The molecule has 3 rings (SSSR count). The Balaban J connectivity index is 2.28. The third-order valence-corrected chi connectivity index (χ3v) is 4.78. The first-order valence-corrected chi connectivity index (χ1v) is 9.40. The van der Waals surface area contributed by atoms with Gasteiger partial charge in [0.25, 0.3) is 5.91 Å². The largest absolute Gasteiger partial charge is 0.496 e. The van der Waals surface area contributed by atoms with E-state index >= 15 is 4.39 Å². The second-order valence-corrected chi connectivity index (χ2v) is 8.29. The smallest absolute Gasteiger partial charge is 0.421 e. The number of methoxy groups -OCH3 is 1. The first kappa shape index (κ1) is 22.9. The van der Waals surface area contributed by atoms with Crippen molar-refractivity contribution in [1.82, 2.24) is 0 Å². The molecule has 166 valence electrons. The van der Waals surface area contributed by atoms with E-state index in [4.69, 9.17) is 21.1 Å². The first-order valence-electron chi connectivity index (χ1n) is 9.02. The number of hydrogen-bond donors (Lipinski definition) is 0. The predicted octanol–water partition coefficient (Wildman–Crippen LogP) is 5.86. The van der Waals surface area contributed by atoms with Crippen LogP contribution in [0.25, 0.3) is 0 Å². The van der Waals surface area contributed by atoms with Crippen LogP contribution < -0.4 is 9.64 Å². The predicted molar refractivity (Wildman–Crippen MR) is 105 cm³/mol. The van der Waals surface area contributed by atoms with E-state index < -0.39 is 46.3 Å². The normalized spacial score (nSPS) is 18.7. The van der Waals surface area contributed by atoms with Crippen LogP contribution in [-0.4, -0.2) is 24.7 Å². The fourth-order valence-electron chi connectivity index (χ4n) is 3.26. The summed E-state index contributed by atoms with van der Waals surface area (Å²) >= 11 is 5.91. The molecule has 0 saturated heterocycles. The maximum atomic E-state index is 16.5. The SMILES string of the molecule is COc1cc(Cl)ccc1[C@]1(F)C(=O)N(C(=O)OC(C)(C)C)c2cc(C(F)(F)F)ccc21. The van der Waals surface area contributed by atoms with Gasteiger partial charge in [-0.25, -0.2) is 14.1 Å². The highest BCUT2D eigenvalue weighted by Gasteiger charge is 2.57. The van der Waals surface area contributed by atoms with Gasteiger partial charge in [0, 0.05) is 16.1 Å². The molecule has 10 heteroatoms. The van der Waals surface area contributed by atoms with E-state index in [1.54, 1.807) is 0 Å². The Morgan fingerprint density at radius 2 is 1.68 bits per heavy atom. The van der Waals surface area contributed by atoms with E-state index in [-0.39, 0.29) is 21.2 Å². The molecule has 2 amide bonds. The molecule has 0 fully saturated rings. The van der Waals surface area contributed by atoms with E-state index in [0.717, 1.165) is 6.07 Å². The fraction of sp³-hybridized carbons (Fsp3) is 0.333. The van der Waals surface area contributed by atoms with Crippen LogP contribution in [0.3, 0.4) is 0 Å². The fourth-order valence-corrected chi connectivity index (χ4v) is 3.42. The molecule has 2 aromatic rings. The van der Waals surface area contributed by atoms with Crippen LogP contribution in [0.5, 0.6) is 5.75 Å². The van der Waals surface area contributed by atoms with Crippen LogP contribution in [0.2, 0.25) is 5.02 Å². The molecule has 0 aromatic heterocycles. The average molecular weight is 460 g/mol. The van der Waals surface area contributed by atoms with E-state index in [1.807, 2.05) is 0 Å². The number of imide groups is 1. The van der Waals surface area contributed by atoms with Gasteiger partial charge in [0.15, 0.2) is 0 Å². The minimum atomic E-state index is -4.78. The van der Waals surface area contributed by atoms with Gasteiger partial charge in [-0.15, -0.1) is 0 Å². The number of hydrogen-bond acceptors (Lipinski definition) is 4. The molecular formula is C21H18ClF4NO4. The monoisotopic (exact) mass is 459 g/mol. The zero-order valence-electron chi connectivity index (χ0n) is 16.9. The van der Waals surface area contributed by atoms with Crippen LogP contribution in [-0.2, 0) is 21.4 Å². The number of carbonyl (C=O) groups excluding carboxylic acids is 2. The summed E-state index contributed by atoms with van der Waals surface area (Å²) in [5.41, 5.74) is -6.56. The third-order valence-electron chi connectivity index (χ3n) is 4.55. The summed E-state index contributed by atoms with van der Waals surface area (Å²) in [6.07, 6.45) is -6.08. The Bertz CT molecular complexity index is 1060. The Kier molecular flexibility index (Phi) is 5.46. The van der Waals surface area contributed by atoms with Crippen LogP contribution in [0.15, 0.2) is 36.4 Å². The number of rotatable bonds is 2. The van der Waals surface area contributed by atoms with Gasteiger partial charge in [-0.2, -0.15) is 13.2 Å². The number of halogens is 5. The molecule has 0 radical (unpaired) electrons. The highest BCUT2D eigenvalue weighted by atomic mass is 35.5. The molecule has 0 unspecified atom stereocenters. The van der Waals surface area contributed by atoms with Crippen LogP contribution >= 0.6 is 11.6 Å². The second-order valence-electron chi connectivity index (χ2n) is 7.85. The molecular weight excluding hydrogens is 442 g/mol. The van der Waals surface area contributed by atoms with Gasteiger partial charge in [-0.1, -0.05) is 17.7 Å². The lowest BCUT2D eigenvalue weighted by Gasteiger charge is -2.25. The maximum Gasteiger partial charge on any atom is 0.421 e. The van der Waals surface area contributed by atoms with Crippen molar-refractivity contribution in [2.45, 2.75) is 38.2 Å². The van der Waals surface area contributed by atoms with E-state index in [9.17, 15) is 22.8 Å². The third kappa shape index (κ3) is 3.94. The summed E-state index contributed by atoms with van der Waals surface area (Å²) in [5.74, 6) is -1.53. The van der Waals surface area contributed by atoms with E-state index in [2.05, 4.69) is 0 Å². The summed E-state index contributed by atoms with van der Waals surface area (Å²) in [5, 5.41) is 0.186.